The molecule has 2 heterocycles. The molecule has 1 aliphatic rings. The third-order valence-corrected chi connectivity index (χ3v) is 4.90. The highest BCUT2D eigenvalue weighted by Crippen LogP contribution is 2.29. The molecule has 30 heavy (non-hydrogen) atoms. The number of alkyl halides is 3. The van der Waals surface area contributed by atoms with Gasteiger partial charge in [-0.1, -0.05) is 0 Å². The lowest BCUT2D eigenvalue weighted by Crippen LogP contribution is -2.43. The molecule has 0 bridgehead atoms. The Balaban J connectivity index is 1.41. The molecule has 160 valence electrons. The quantitative estimate of drug-likeness (QED) is 0.740. The Morgan fingerprint density at radius 3 is 2.27 bits per heavy atom. The van der Waals surface area contributed by atoms with Gasteiger partial charge < -0.3 is 20.0 Å². The van der Waals surface area contributed by atoms with Gasteiger partial charge in [-0.25, -0.2) is 0 Å². The first kappa shape index (κ1) is 21.4. The van der Waals surface area contributed by atoms with E-state index in [1.54, 1.807) is 11.0 Å². The SMILES string of the molecule is O=C(NCC1CCN(C(=O)c2ccoc2)CC1)C(=O)Nc1ccc(C(F)(F)F)cc1. The van der Waals surface area contributed by atoms with Crippen LogP contribution in [0.15, 0.2) is 47.3 Å². The van der Waals surface area contributed by atoms with E-state index >= 15 is 0 Å². The number of piperidine rings is 1. The third-order valence-electron chi connectivity index (χ3n) is 4.90. The van der Waals surface area contributed by atoms with E-state index in [4.69, 9.17) is 4.42 Å². The van der Waals surface area contributed by atoms with Crippen LogP contribution in [-0.4, -0.2) is 42.3 Å². The minimum absolute atomic E-state index is 0.0919. The average molecular weight is 423 g/mol. The maximum Gasteiger partial charge on any atom is 0.416 e. The van der Waals surface area contributed by atoms with Crippen LogP contribution in [0.5, 0.6) is 0 Å². The second-order valence-electron chi connectivity index (χ2n) is 6.99. The molecule has 3 amide bonds. The topological polar surface area (TPSA) is 91.7 Å². The lowest BCUT2D eigenvalue weighted by Gasteiger charge is -2.31. The van der Waals surface area contributed by atoms with Crippen molar-refractivity contribution in [1.82, 2.24) is 10.2 Å². The van der Waals surface area contributed by atoms with Gasteiger partial charge in [-0.15, -0.1) is 0 Å². The molecule has 1 aromatic carbocycles. The van der Waals surface area contributed by atoms with E-state index in [-0.39, 0.29) is 24.1 Å². The molecule has 2 aromatic rings. The molecule has 2 N–H and O–H groups in total. The highest BCUT2D eigenvalue weighted by molar-refractivity contribution is 6.39. The summed E-state index contributed by atoms with van der Waals surface area (Å²) in [5, 5.41) is 4.80. The summed E-state index contributed by atoms with van der Waals surface area (Å²) in [5.74, 6) is -1.82. The third kappa shape index (κ3) is 5.40. The van der Waals surface area contributed by atoms with Gasteiger partial charge >= 0.3 is 18.0 Å². The summed E-state index contributed by atoms with van der Waals surface area (Å²) in [6, 6.07) is 5.42. The van der Waals surface area contributed by atoms with E-state index in [1.165, 1.54) is 12.5 Å². The van der Waals surface area contributed by atoms with Gasteiger partial charge in [-0.3, -0.25) is 14.4 Å². The zero-order valence-electron chi connectivity index (χ0n) is 15.9. The van der Waals surface area contributed by atoms with Crippen LogP contribution < -0.4 is 10.6 Å². The number of benzene rings is 1. The maximum absolute atomic E-state index is 12.6. The molecule has 3 rings (SSSR count). The van der Waals surface area contributed by atoms with Gasteiger partial charge in [0.1, 0.15) is 6.26 Å². The maximum atomic E-state index is 12.6. The monoisotopic (exact) mass is 423 g/mol. The van der Waals surface area contributed by atoms with Crippen LogP contribution in [0.3, 0.4) is 0 Å². The van der Waals surface area contributed by atoms with E-state index < -0.39 is 23.6 Å². The van der Waals surface area contributed by atoms with E-state index in [1.807, 2.05) is 0 Å². The minimum Gasteiger partial charge on any atom is -0.472 e. The van der Waals surface area contributed by atoms with Gasteiger partial charge in [0, 0.05) is 25.3 Å². The molecule has 7 nitrogen and oxygen atoms in total. The molecule has 0 radical (unpaired) electrons. The van der Waals surface area contributed by atoms with Crippen molar-refractivity contribution in [3.8, 4) is 0 Å². The van der Waals surface area contributed by atoms with E-state index in [2.05, 4.69) is 10.6 Å². The van der Waals surface area contributed by atoms with Crippen LogP contribution in [0.2, 0.25) is 0 Å². The van der Waals surface area contributed by atoms with E-state index in [0.717, 1.165) is 24.3 Å². The van der Waals surface area contributed by atoms with Crippen LogP contribution in [0.25, 0.3) is 0 Å². The minimum atomic E-state index is -4.47. The summed E-state index contributed by atoms with van der Waals surface area (Å²) >= 11 is 0. The van der Waals surface area contributed by atoms with Crippen LogP contribution >= 0.6 is 0 Å². The lowest BCUT2D eigenvalue weighted by molar-refractivity contribution is -0.137. The fraction of sp³-hybridized carbons (Fsp3) is 0.350. The number of furan rings is 1. The summed E-state index contributed by atoms with van der Waals surface area (Å²) in [7, 11) is 0. The van der Waals surface area contributed by atoms with Crippen LogP contribution in [0.1, 0.15) is 28.8 Å². The summed E-state index contributed by atoms with van der Waals surface area (Å²) in [4.78, 5) is 37.9. The molecule has 1 aromatic heterocycles. The second-order valence-corrected chi connectivity index (χ2v) is 6.99. The van der Waals surface area contributed by atoms with Crippen molar-refractivity contribution >= 4 is 23.4 Å². The zero-order chi connectivity index (χ0) is 21.7. The van der Waals surface area contributed by atoms with Crippen molar-refractivity contribution in [3.63, 3.8) is 0 Å². The second kappa shape index (κ2) is 9.02. The number of hydrogen-bond donors (Lipinski definition) is 2. The molecule has 0 unspecified atom stereocenters. The largest absolute Gasteiger partial charge is 0.472 e. The first-order valence-corrected chi connectivity index (χ1v) is 9.32. The number of anilines is 1. The van der Waals surface area contributed by atoms with E-state index in [9.17, 15) is 27.6 Å². The molecular weight excluding hydrogens is 403 g/mol. The predicted molar refractivity (Wildman–Crippen MR) is 100 cm³/mol. The van der Waals surface area contributed by atoms with Crippen LogP contribution in [-0.2, 0) is 15.8 Å². The summed E-state index contributed by atoms with van der Waals surface area (Å²) in [6.45, 7) is 1.33. The number of likely N-dealkylation sites (tertiary alicyclic amines) is 1. The van der Waals surface area contributed by atoms with E-state index in [0.29, 0.717) is 31.5 Å². The number of nitrogens with zero attached hydrogens (tertiary/aromatic N) is 1. The molecule has 0 atom stereocenters. The van der Waals surface area contributed by atoms with Crippen LogP contribution in [0, 0.1) is 5.92 Å². The molecule has 1 saturated heterocycles. The van der Waals surface area contributed by atoms with Crippen molar-refractivity contribution in [2.24, 2.45) is 5.92 Å². The zero-order valence-corrected chi connectivity index (χ0v) is 15.9. The fourth-order valence-corrected chi connectivity index (χ4v) is 3.16. The molecular formula is C20H20F3N3O4. The van der Waals surface area contributed by atoms with Crippen molar-refractivity contribution < 1.29 is 32.0 Å². The Labute approximate surface area is 170 Å². The Bertz CT molecular complexity index is 887. The Kier molecular flexibility index (Phi) is 6.43. The number of carbonyl (C=O) groups excluding carboxylic acids is 3. The Morgan fingerprint density at radius 2 is 1.70 bits per heavy atom. The highest BCUT2D eigenvalue weighted by atomic mass is 19.4. The molecule has 0 saturated carbocycles. The number of rotatable bonds is 4. The summed E-state index contributed by atoms with van der Waals surface area (Å²) in [6.07, 6.45) is -0.303. The number of nitrogens with one attached hydrogen (secondary N) is 2. The molecule has 1 aliphatic heterocycles. The Morgan fingerprint density at radius 1 is 1.03 bits per heavy atom. The molecule has 0 aliphatic carbocycles. The lowest BCUT2D eigenvalue weighted by atomic mass is 9.96. The molecule has 10 heteroatoms. The Hall–Kier alpha value is -3.30. The first-order chi connectivity index (χ1) is 14.2. The van der Waals surface area contributed by atoms with Gasteiger partial charge in [0.25, 0.3) is 5.91 Å². The first-order valence-electron chi connectivity index (χ1n) is 9.32. The highest BCUT2D eigenvalue weighted by Gasteiger charge is 2.30. The van der Waals surface area contributed by atoms with Gasteiger partial charge in [0.15, 0.2) is 0 Å². The normalized spacial score (nSPS) is 15.0. The number of hydrogen-bond acceptors (Lipinski definition) is 4. The van der Waals surface area contributed by atoms with Gasteiger partial charge in [-0.2, -0.15) is 13.2 Å². The average Bonchev–Trinajstić information content (AvgIpc) is 3.26. The predicted octanol–water partition coefficient (Wildman–Crippen LogP) is 2.91. The standard InChI is InChI=1S/C20H20F3N3O4/c21-20(22,23)15-1-3-16(4-2-15)25-18(28)17(27)24-11-13-5-8-26(9-6-13)19(29)14-7-10-30-12-14/h1-4,7,10,12-13H,5-6,8-9,11H2,(H,24,27)(H,25,28). The number of amides is 3. The summed E-state index contributed by atoms with van der Waals surface area (Å²) < 4.78 is 42.6. The van der Waals surface area contributed by atoms with Gasteiger partial charge in [-0.05, 0) is 49.1 Å². The van der Waals surface area contributed by atoms with Crippen molar-refractivity contribution in [3.05, 3.63) is 54.0 Å². The fourth-order valence-electron chi connectivity index (χ4n) is 3.16. The van der Waals surface area contributed by atoms with Gasteiger partial charge in [0.05, 0.1) is 17.4 Å². The molecule has 1 fully saturated rings. The van der Waals surface area contributed by atoms with Crippen molar-refractivity contribution in [2.75, 3.05) is 25.0 Å². The van der Waals surface area contributed by atoms with Crippen molar-refractivity contribution in [2.45, 2.75) is 19.0 Å². The number of carbonyl (C=O) groups is 3. The smallest absolute Gasteiger partial charge is 0.416 e. The van der Waals surface area contributed by atoms with Crippen LogP contribution in [0.4, 0.5) is 18.9 Å². The number of halogens is 3. The van der Waals surface area contributed by atoms with Gasteiger partial charge in [0.2, 0.25) is 0 Å². The van der Waals surface area contributed by atoms with Crippen molar-refractivity contribution in [1.29, 1.82) is 0 Å². The molecule has 0 spiro atoms. The summed E-state index contributed by atoms with van der Waals surface area (Å²) in [5.41, 5.74) is -0.265.